The topological polar surface area (TPSA) is 61.4 Å². The van der Waals surface area contributed by atoms with E-state index in [1.54, 1.807) is 0 Å². The van der Waals surface area contributed by atoms with Gasteiger partial charge in [0.2, 0.25) is 5.91 Å². The summed E-state index contributed by atoms with van der Waals surface area (Å²) in [6, 6.07) is -0.219. The lowest BCUT2D eigenvalue weighted by Gasteiger charge is -2.24. The summed E-state index contributed by atoms with van der Waals surface area (Å²) in [6.45, 7) is 10.3. The van der Waals surface area contributed by atoms with Crippen molar-refractivity contribution in [2.24, 2.45) is 0 Å². The maximum atomic E-state index is 11.7. The number of carbonyl (C=O) groups is 1. The maximum absolute atomic E-state index is 11.7. The molecule has 0 aliphatic heterocycles. The van der Waals surface area contributed by atoms with Gasteiger partial charge < -0.3 is 15.7 Å². The van der Waals surface area contributed by atoms with Crippen LogP contribution in [-0.2, 0) is 4.79 Å². The summed E-state index contributed by atoms with van der Waals surface area (Å²) in [5, 5.41) is 15.4. The summed E-state index contributed by atoms with van der Waals surface area (Å²) in [6.07, 6.45) is 1.17. The molecule has 0 aliphatic carbocycles. The van der Waals surface area contributed by atoms with E-state index < -0.39 is 0 Å². The number of rotatable bonds is 6. The lowest BCUT2D eigenvalue weighted by molar-refractivity contribution is -0.124. The lowest BCUT2D eigenvalue weighted by Crippen LogP contribution is -2.49. The SMILES string of the molecule is CCC(O)CCNC(C)C(=O)NC(C)(C)C. The van der Waals surface area contributed by atoms with Crippen LogP contribution in [0.3, 0.4) is 0 Å². The third-order valence-electron chi connectivity index (χ3n) is 2.29. The molecular formula is C12H26N2O2. The molecule has 0 rings (SSSR count). The molecule has 0 heterocycles. The second-order valence-electron chi connectivity index (χ2n) is 5.27. The fourth-order valence-electron chi connectivity index (χ4n) is 1.24. The predicted molar refractivity (Wildman–Crippen MR) is 66.3 cm³/mol. The van der Waals surface area contributed by atoms with Crippen molar-refractivity contribution in [2.75, 3.05) is 6.54 Å². The Kier molecular flexibility index (Phi) is 6.60. The summed E-state index contributed by atoms with van der Waals surface area (Å²) in [7, 11) is 0. The third kappa shape index (κ3) is 7.65. The fraction of sp³-hybridized carbons (Fsp3) is 0.917. The fourth-order valence-corrected chi connectivity index (χ4v) is 1.24. The molecule has 0 fully saturated rings. The largest absolute Gasteiger partial charge is 0.393 e. The zero-order valence-corrected chi connectivity index (χ0v) is 11.1. The van der Waals surface area contributed by atoms with Crippen LogP contribution in [0.4, 0.5) is 0 Å². The zero-order valence-electron chi connectivity index (χ0n) is 11.1. The molecule has 0 bridgehead atoms. The minimum Gasteiger partial charge on any atom is -0.393 e. The molecule has 0 saturated heterocycles. The number of aliphatic hydroxyl groups is 1. The number of nitrogens with one attached hydrogen (secondary N) is 2. The second-order valence-corrected chi connectivity index (χ2v) is 5.27. The lowest BCUT2D eigenvalue weighted by atomic mass is 10.1. The van der Waals surface area contributed by atoms with Gasteiger partial charge in [0.1, 0.15) is 0 Å². The van der Waals surface area contributed by atoms with Crippen molar-refractivity contribution < 1.29 is 9.90 Å². The number of hydrogen-bond donors (Lipinski definition) is 3. The first-order valence-corrected chi connectivity index (χ1v) is 5.99. The molecule has 0 aliphatic rings. The van der Waals surface area contributed by atoms with Gasteiger partial charge in [-0.2, -0.15) is 0 Å². The van der Waals surface area contributed by atoms with Crippen LogP contribution in [0.2, 0.25) is 0 Å². The molecule has 4 heteroatoms. The van der Waals surface area contributed by atoms with E-state index in [1.807, 2.05) is 34.6 Å². The minimum absolute atomic E-state index is 0.00140. The van der Waals surface area contributed by atoms with Crippen molar-refractivity contribution >= 4 is 5.91 Å². The average molecular weight is 230 g/mol. The summed E-state index contributed by atoms with van der Waals surface area (Å²) < 4.78 is 0. The number of hydrogen-bond acceptors (Lipinski definition) is 3. The highest BCUT2D eigenvalue weighted by molar-refractivity contribution is 5.81. The number of carbonyl (C=O) groups excluding carboxylic acids is 1. The summed E-state index contributed by atoms with van der Waals surface area (Å²) in [4.78, 5) is 11.7. The minimum atomic E-state index is -0.273. The molecule has 0 aromatic heterocycles. The van der Waals surface area contributed by atoms with Gasteiger partial charge >= 0.3 is 0 Å². The van der Waals surface area contributed by atoms with Crippen LogP contribution in [0, 0.1) is 0 Å². The van der Waals surface area contributed by atoms with Crippen molar-refractivity contribution in [1.82, 2.24) is 10.6 Å². The van der Waals surface area contributed by atoms with Crippen molar-refractivity contribution in [2.45, 2.75) is 65.1 Å². The van der Waals surface area contributed by atoms with E-state index in [-0.39, 0.29) is 23.6 Å². The first-order valence-electron chi connectivity index (χ1n) is 5.99. The van der Waals surface area contributed by atoms with Crippen molar-refractivity contribution in [3.8, 4) is 0 Å². The van der Waals surface area contributed by atoms with E-state index >= 15 is 0 Å². The molecule has 4 nitrogen and oxygen atoms in total. The van der Waals surface area contributed by atoms with E-state index in [9.17, 15) is 9.90 Å². The van der Waals surface area contributed by atoms with Gasteiger partial charge in [-0.15, -0.1) is 0 Å². The van der Waals surface area contributed by atoms with Gasteiger partial charge in [0, 0.05) is 5.54 Å². The molecule has 0 spiro atoms. The van der Waals surface area contributed by atoms with Crippen LogP contribution in [0.5, 0.6) is 0 Å². The maximum Gasteiger partial charge on any atom is 0.237 e. The molecule has 2 unspecified atom stereocenters. The van der Waals surface area contributed by atoms with Crippen LogP contribution in [0.25, 0.3) is 0 Å². The molecule has 0 saturated carbocycles. The van der Waals surface area contributed by atoms with E-state index in [4.69, 9.17) is 0 Å². The number of amides is 1. The quantitative estimate of drug-likeness (QED) is 0.639. The van der Waals surface area contributed by atoms with Crippen LogP contribution in [0.1, 0.15) is 47.5 Å². The van der Waals surface area contributed by atoms with Crippen molar-refractivity contribution in [3.05, 3.63) is 0 Å². The molecule has 16 heavy (non-hydrogen) atoms. The van der Waals surface area contributed by atoms with Crippen LogP contribution >= 0.6 is 0 Å². The highest BCUT2D eigenvalue weighted by Gasteiger charge is 2.18. The van der Waals surface area contributed by atoms with Crippen LogP contribution in [0.15, 0.2) is 0 Å². The van der Waals surface area contributed by atoms with Crippen LogP contribution in [-0.4, -0.2) is 35.2 Å². The Labute approximate surface area is 98.8 Å². The van der Waals surface area contributed by atoms with E-state index in [0.717, 1.165) is 6.42 Å². The highest BCUT2D eigenvalue weighted by Crippen LogP contribution is 2.00. The summed E-state index contributed by atoms with van der Waals surface area (Å²) >= 11 is 0. The van der Waals surface area contributed by atoms with Gasteiger partial charge in [-0.25, -0.2) is 0 Å². The second kappa shape index (κ2) is 6.86. The molecule has 1 amide bonds. The highest BCUT2D eigenvalue weighted by atomic mass is 16.3. The number of aliphatic hydroxyl groups excluding tert-OH is 1. The van der Waals surface area contributed by atoms with Crippen molar-refractivity contribution in [3.63, 3.8) is 0 Å². The standard InChI is InChI=1S/C12H26N2O2/c1-6-10(15)7-8-13-9(2)11(16)14-12(3,4)5/h9-10,13,15H,6-8H2,1-5H3,(H,14,16). The Morgan fingerprint density at radius 2 is 1.94 bits per heavy atom. The van der Waals surface area contributed by atoms with Crippen molar-refractivity contribution in [1.29, 1.82) is 0 Å². The summed E-state index contributed by atoms with van der Waals surface area (Å²) in [5.74, 6) is -0.00140. The van der Waals surface area contributed by atoms with Gasteiger partial charge in [0.05, 0.1) is 12.1 Å². The Hall–Kier alpha value is -0.610. The average Bonchev–Trinajstić information content (AvgIpc) is 2.14. The molecular weight excluding hydrogens is 204 g/mol. The molecule has 0 aromatic rings. The molecule has 3 N–H and O–H groups in total. The normalized spacial score (nSPS) is 15.6. The monoisotopic (exact) mass is 230 g/mol. The molecule has 0 aromatic carbocycles. The third-order valence-corrected chi connectivity index (χ3v) is 2.29. The van der Waals surface area contributed by atoms with Crippen LogP contribution < -0.4 is 10.6 Å². The first-order chi connectivity index (χ1) is 7.26. The van der Waals surface area contributed by atoms with Gasteiger partial charge in [-0.05, 0) is 47.1 Å². The molecule has 96 valence electrons. The van der Waals surface area contributed by atoms with E-state index in [2.05, 4.69) is 10.6 Å². The predicted octanol–water partition coefficient (Wildman–Crippen LogP) is 1.04. The Balaban J connectivity index is 3.80. The Morgan fingerprint density at radius 1 is 1.38 bits per heavy atom. The Bertz CT molecular complexity index is 212. The first kappa shape index (κ1) is 15.4. The zero-order chi connectivity index (χ0) is 12.8. The Morgan fingerprint density at radius 3 is 2.38 bits per heavy atom. The van der Waals surface area contributed by atoms with Gasteiger partial charge in [-0.3, -0.25) is 4.79 Å². The summed E-state index contributed by atoms with van der Waals surface area (Å²) in [5.41, 5.74) is -0.198. The van der Waals surface area contributed by atoms with E-state index in [1.165, 1.54) is 0 Å². The van der Waals surface area contributed by atoms with Gasteiger partial charge in [0.15, 0.2) is 0 Å². The van der Waals surface area contributed by atoms with Gasteiger partial charge in [0.25, 0.3) is 0 Å². The van der Waals surface area contributed by atoms with E-state index in [0.29, 0.717) is 13.0 Å². The molecule has 0 radical (unpaired) electrons. The van der Waals surface area contributed by atoms with Gasteiger partial charge in [-0.1, -0.05) is 6.92 Å². The molecule has 2 atom stereocenters. The smallest absolute Gasteiger partial charge is 0.237 e.